The van der Waals surface area contributed by atoms with Crippen molar-refractivity contribution >= 4 is 35.0 Å². The molecule has 0 spiro atoms. The molecular weight excluding hydrogens is 483 g/mol. The molecule has 0 fully saturated rings. The van der Waals surface area contributed by atoms with E-state index in [9.17, 15) is 18.0 Å². The number of nitrogens with zero attached hydrogens (tertiary/aromatic N) is 5. The fraction of sp³-hybridized carbons (Fsp3) is 0.304. The average molecular weight is 504 g/mol. The number of aromatic nitrogens is 3. The van der Waals surface area contributed by atoms with Gasteiger partial charge >= 0.3 is 12.2 Å². The third-order valence-corrected chi connectivity index (χ3v) is 6.20. The zero-order valence-corrected chi connectivity index (χ0v) is 19.4. The summed E-state index contributed by atoms with van der Waals surface area (Å²) >= 11 is 6.14. The molecule has 5 rings (SSSR count). The van der Waals surface area contributed by atoms with Gasteiger partial charge in [0, 0.05) is 30.9 Å². The smallest absolute Gasteiger partial charge is 0.367 e. The first-order valence-corrected chi connectivity index (χ1v) is 11.3. The van der Waals surface area contributed by atoms with E-state index in [0.717, 1.165) is 12.1 Å². The van der Waals surface area contributed by atoms with Crippen molar-refractivity contribution in [1.29, 1.82) is 0 Å². The second-order valence-electron chi connectivity index (χ2n) is 8.34. The predicted octanol–water partition coefficient (Wildman–Crippen LogP) is 5.08. The zero-order chi connectivity index (χ0) is 24.7. The quantitative estimate of drug-likeness (QED) is 0.484. The number of hydrogen-bond donors (Lipinski definition) is 2. The van der Waals surface area contributed by atoms with Gasteiger partial charge in [0.05, 0.1) is 30.0 Å². The zero-order valence-electron chi connectivity index (χ0n) is 18.6. The van der Waals surface area contributed by atoms with Gasteiger partial charge in [-0.2, -0.15) is 13.2 Å². The molecule has 0 aliphatic carbocycles. The maximum Gasteiger partial charge on any atom is 0.416 e. The van der Waals surface area contributed by atoms with E-state index in [1.807, 2.05) is 6.07 Å². The number of fused-ring (bicyclic) bond motifs is 2. The lowest BCUT2D eigenvalue weighted by Gasteiger charge is -2.32. The number of hydrogen-bond acceptors (Lipinski definition) is 6. The van der Waals surface area contributed by atoms with Gasteiger partial charge in [-0.05, 0) is 48.4 Å². The second-order valence-corrected chi connectivity index (χ2v) is 8.68. The summed E-state index contributed by atoms with van der Waals surface area (Å²) in [5, 5.41) is 6.33. The molecule has 0 saturated heterocycles. The number of halogens is 4. The molecule has 2 aliphatic rings. The van der Waals surface area contributed by atoms with Crippen molar-refractivity contribution in [2.75, 3.05) is 28.6 Å². The van der Waals surface area contributed by atoms with Crippen LogP contribution in [0.2, 0.25) is 5.28 Å². The molecule has 1 atom stereocenters. The van der Waals surface area contributed by atoms with E-state index >= 15 is 0 Å². The predicted molar refractivity (Wildman–Crippen MR) is 125 cm³/mol. The Morgan fingerprint density at radius 1 is 1.20 bits per heavy atom. The van der Waals surface area contributed by atoms with Crippen molar-refractivity contribution in [3.63, 3.8) is 0 Å². The summed E-state index contributed by atoms with van der Waals surface area (Å²) in [4.78, 5) is 29.5. The largest absolute Gasteiger partial charge is 0.416 e. The summed E-state index contributed by atoms with van der Waals surface area (Å²) in [6.45, 7) is 3.27. The van der Waals surface area contributed by atoms with Crippen LogP contribution in [0.3, 0.4) is 0 Å². The Morgan fingerprint density at radius 3 is 2.83 bits per heavy atom. The normalized spacial score (nSPS) is 15.8. The molecule has 0 unspecified atom stereocenters. The number of pyridine rings is 1. The molecule has 0 bridgehead atoms. The highest BCUT2D eigenvalue weighted by molar-refractivity contribution is 6.28. The molecule has 2 amide bonds. The van der Waals surface area contributed by atoms with E-state index in [0.29, 0.717) is 47.2 Å². The summed E-state index contributed by atoms with van der Waals surface area (Å²) in [5.74, 6) is 1.03. The third kappa shape index (κ3) is 4.55. The topological polar surface area (TPSA) is 86.3 Å². The maximum absolute atomic E-state index is 13.4. The van der Waals surface area contributed by atoms with Crippen LogP contribution in [0.5, 0.6) is 0 Å². The fourth-order valence-electron chi connectivity index (χ4n) is 4.28. The molecule has 2 N–H and O–H groups in total. The summed E-state index contributed by atoms with van der Waals surface area (Å²) in [6, 6.07) is 8.02. The summed E-state index contributed by atoms with van der Waals surface area (Å²) in [5.41, 5.74) is 1.69. The van der Waals surface area contributed by atoms with Gasteiger partial charge in [-0.1, -0.05) is 12.1 Å². The first-order valence-electron chi connectivity index (χ1n) is 10.9. The number of urea groups is 1. The monoisotopic (exact) mass is 503 g/mol. The highest BCUT2D eigenvalue weighted by Gasteiger charge is 2.34. The van der Waals surface area contributed by atoms with Crippen LogP contribution in [0.15, 0.2) is 42.6 Å². The number of amides is 2. The van der Waals surface area contributed by atoms with Gasteiger partial charge in [-0.15, -0.1) is 0 Å². The van der Waals surface area contributed by atoms with Crippen LogP contribution in [-0.4, -0.2) is 39.0 Å². The SMILES string of the molecule is C[C@@H](Nc1nc(Cl)nc2c1CN(C(=O)N1CCNc3ncccc31)C2)c1cccc(C(F)(F)F)c1. The first-order chi connectivity index (χ1) is 16.7. The lowest BCUT2D eigenvalue weighted by molar-refractivity contribution is -0.137. The van der Waals surface area contributed by atoms with E-state index in [-0.39, 0.29) is 24.4 Å². The number of rotatable bonds is 3. The molecular formula is C23H21ClF3N7O. The number of nitrogens with one attached hydrogen (secondary N) is 2. The van der Waals surface area contributed by atoms with E-state index < -0.39 is 17.8 Å². The lowest BCUT2D eigenvalue weighted by Crippen LogP contribution is -2.45. The standard InChI is InChI=1S/C23H21ClF3N7O/c1-13(14-4-2-5-15(10-14)23(25,26)27)30-19-16-11-33(12-17(16)31-21(24)32-19)22(35)34-9-8-29-20-18(34)6-3-7-28-20/h2-7,10,13H,8-9,11-12H2,1H3,(H,28,29)(H,30,31,32)/t13-/m1/s1. The van der Waals surface area contributed by atoms with E-state index in [4.69, 9.17) is 11.6 Å². The van der Waals surface area contributed by atoms with Crippen molar-refractivity contribution in [3.8, 4) is 0 Å². The Kier molecular flexibility index (Phi) is 5.87. The van der Waals surface area contributed by atoms with Gasteiger partial charge in [0.1, 0.15) is 11.6 Å². The molecule has 1 aromatic carbocycles. The van der Waals surface area contributed by atoms with Gasteiger partial charge in [-0.3, -0.25) is 4.90 Å². The van der Waals surface area contributed by atoms with Crippen molar-refractivity contribution in [2.45, 2.75) is 32.2 Å². The number of alkyl halides is 3. The molecule has 0 saturated carbocycles. The molecule has 2 aliphatic heterocycles. The Morgan fingerprint density at radius 2 is 2.03 bits per heavy atom. The van der Waals surface area contributed by atoms with Crippen LogP contribution in [0.1, 0.15) is 35.3 Å². The van der Waals surface area contributed by atoms with Crippen LogP contribution in [0, 0.1) is 0 Å². The van der Waals surface area contributed by atoms with Gasteiger partial charge in [0.15, 0.2) is 0 Å². The van der Waals surface area contributed by atoms with E-state index in [1.165, 1.54) is 6.07 Å². The third-order valence-electron chi connectivity index (χ3n) is 6.03. The minimum absolute atomic E-state index is 0.00601. The van der Waals surface area contributed by atoms with Crippen LogP contribution < -0.4 is 15.5 Å². The van der Waals surface area contributed by atoms with Crippen LogP contribution in [0.25, 0.3) is 0 Å². The maximum atomic E-state index is 13.4. The van der Waals surface area contributed by atoms with Gasteiger partial charge in [0.2, 0.25) is 5.28 Å². The Labute approximate surface area is 204 Å². The Hall–Kier alpha value is -3.60. The van der Waals surface area contributed by atoms with Crippen molar-refractivity contribution in [3.05, 3.63) is 70.3 Å². The van der Waals surface area contributed by atoms with E-state index in [2.05, 4.69) is 25.6 Å². The fourth-order valence-corrected chi connectivity index (χ4v) is 4.47. The van der Waals surface area contributed by atoms with Crippen molar-refractivity contribution in [1.82, 2.24) is 19.9 Å². The molecule has 0 radical (unpaired) electrons. The second kappa shape index (κ2) is 8.88. The van der Waals surface area contributed by atoms with Crippen molar-refractivity contribution < 1.29 is 18.0 Å². The molecule has 12 heteroatoms. The van der Waals surface area contributed by atoms with E-state index in [1.54, 1.807) is 35.1 Å². The summed E-state index contributed by atoms with van der Waals surface area (Å²) in [7, 11) is 0. The minimum Gasteiger partial charge on any atom is -0.367 e. The van der Waals surface area contributed by atoms with Gasteiger partial charge in [-0.25, -0.2) is 19.7 Å². The molecule has 8 nitrogen and oxygen atoms in total. The minimum atomic E-state index is -4.44. The first kappa shape index (κ1) is 23.2. The summed E-state index contributed by atoms with van der Waals surface area (Å²) in [6.07, 6.45) is -2.78. The average Bonchev–Trinajstić information content (AvgIpc) is 3.27. The molecule has 4 heterocycles. The highest BCUT2D eigenvalue weighted by atomic mass is 35.5. The van der Waals surface area contributed by atoms with Crippen LogP contribution in [0.4, 0.5) is 35.3 Å². The number of carbonyl (C=O) groups excluding carboxylic acids is 1. The Balaban J connectivity index is 1.37. The highest BCUT2D eigenvalue weighted by Crippen LogP contribution is 2.35. The number of anilines is 3. The number of carbonyl (C=O) groups is 1. The van der Waals surface area contributed by atoms with Gasteiger partial charge < -0.3 is 15.5 Å². The van der Waals surface area contributed by atoms with Gasteiger partial charge in [0.25, 0.3) is 0 Å². The van der Waals surface area contributed by atoms with Crippen LogP contribution in [-0.2, 0) is 19.3 Å². The lowest BCUT2D eigenvalue weighted by atomic mass is 10.0. The summed E-state index contributed by atoms with van der Waals surface area (Å²) < 4.78 is 39.4. The van der Waals surface area contributed by atoms with Crippen LogP contribution >= 0.6 is 11.6 Å². The Bertz CT molecular complexity index is 1290. The van der Waals surface area contributed by atoms with Crippen molar-refractivity contribution in [2.24, 2.45) is 0 Å². The molecule has 182 valence electrons. The molecule has 2 aromatic heterocycles. The molecule has 35 heavy (non-hydrogen) atoms. The molecule has 3 aromatic rings. The number of benzene rings is 1.